The fourth-order valence-corrected chi connectivity index (χ4v) is 1.32. The van der Waals surface area contributed by atoms with Gasteiger partial charge >= 0.3 is 5.97 Å². The van der Waals surface area contributed by atoms with Gasteiger partial charge in [-0.15, -0.1) is 10.2 Å². The molecule has 6 heteroatoms. The van der Waals surface area contributed by atoms with E-state index >= 15 is 0 Å². The molecule has 0 aliphatic rings. The molecule has 0 spiro atoms. The van der Waals surface area contributed by atoms with Crippen LogP contribution in [0.25, 0.3) is 0 Å². The minimum atomic E-state index is -0.202. The van der Waals surface area contributed by atoms with Gasteiger partial charge in [-0.25, -0.2) is 0 Å². The first-order chi connectivity index (χ1) is 7.67. The van der Waals surface area contributed by atoms with Crippen molar-refractivity contribution in [2.75, 3.05) is 19.7 Å². The molecule has 0 N–H and O–H groups in total. The maximum atomic E-state index is 11.3. The summed E-state index contributed by atoms with van der Waals surface area (Å²) in [7, 11) is 1.88. The van der Waals surface area contributed by atoms with Crippen molar-refractivity contribution in [2.24, 2.45) is 7.05 Å². The molecule has 0 aliphatic heterocycles. The third-order valence-corrected chi connectivity index (χ3v) is 2.28. The van der Waals surface area contributed by atoms with Gasteiger partial charge in [0.2, 0.25) is 0 Å². The van der Waals surface area contributed by atoms with E-state index in [1.165, 1.54) is 0 Å². The highest BCUT2D eigenvalue weighted by molar-refractivity contribution is 5.71. The average molecular weight is 226 g/mol. The summed E-state index contributed by atoms with van der Waals surface area (Å²) in [5.74, 6) is 0.637. The fourth-order valence-electron chi connectivity index (χ4n) is 1.32. The van der Waals surface area contributed by atoms with Gasteiger partial charge in [-0.2, -0.15) is 0 Å². The second-order valence-electron chi connectivity index (χ2n) is 3.47. The summed E-state index contributed by atoms with van der Waals surface area (Å²) < 4.78 is 6.74. The molecule has 0 unspecified atom stereocenters. The van der Waals surface area contributed by atoms with Gasteiger partial charge in [-0.1, -0.05) is 6.92 Å². The number of aromatic nitrogens is 3. The first-order valence-corrected chi connectivity index (χ1v) is 5.38. The summed E-state index contributed by atoms with van der Waals surface area (Å²) in [5.41, 5.74) is 0. The Labute approximate surface area is 95.2 Å². The number of nitrogens with zero attached hydrogens (tertiary/aromatic N) is 4. The largest absolute Gasteiger partial charge is 0.465 e. The fraction of sp³-hybridized carbons (Fsp3) is 0.700. The predicted molar refractivity (Wildman–Crippen MR) is 58.6 cm³/mol. The Hall–Kier alpha value is -1.43. The molecule has 6 nitrogen and oxygen atoms in total. The van der Waals surface area contributed by atoms with Crippen LogP contribution >= 0.6 is 0 Å². The van der Waals surface area contributed by atoms with Crippen molar-refractivity contribution >= 4 is 5.97 Å². The highest BCUT2D eigenvalue weighted by Gasteiger charge is 2.12. The average Bonchev–Trinajstić information content (AvgIpc) is 2.64. The van der Waals surface area contributed by atoms with E-state index in [0.717, 1.165) is 12.4 Å². The summed E-state index contributed by atoms with van der Waals surface area (Å²) in [5, 5.41) is 7.77. The first kappa shape index (κ1) is 12.6. The molecule has 0 aromatic carbocycles. The van der Waals surface area contributed by atoms with Crippen LogP contribution < -0.4 is 0 Å². The van der Waals surface area contributed by atoms with Gasteiger partial charge in [0.1, 0.15) is 12.2 Å². The van der Waals surface area contributed by atoms with Crippen molar-refractivity contribution < 1.29 is 9.53 Å². The van der Waals surface area contributed by atoms with Crippen molar-refractivity contribution in [2.45, 2.75) is 20.4 Å². The highest BCUT2D eigenvalue weighted by Crippen LogP contribution is 2.00. The number of carbonyl (C=O) groups excluding carboxylic acids is 1. The number of likely N-dealkylation sites (N-methyl/N-ethyl adjacent to an activating group) is 1. The van der Waals surface area contributed by atoms with Crippen LogP contribution in [0.3, 0.4) is 0 Å². The number of rotatable bonds is 6. The molecular weight excluding hydrogens is 208 g/mol. The van der Waals surface area contributed by atoms with Gasteiger partial charge in [-0.3, -0.25) is 9.69 Å². The predicted octanol–water partition coefficient (Wildman–Crippen LogP) is 0.200. The Bertz CT molecular complexity index is 337. The first-order valence-electron chi connectivity index (χ1n) is 5.38. The number of hydrogen-bond donors (Lipinski definition) is 0. The topological polar surface area (TPSA) is 60.2 Å². The van der Waals surface area contributed by atoms with E-state index in [-0.39, 0.29) is 12.5 Å². The molecule has 0 amide bonds. The van der Waals surface area contributed by atoms with Gasteiger partial charge in [0.15, 0.2) is 0 Å². The Kier molecular flexibility index (Phi) is 4.91. The normalized spacial score (nSPS) is 10.8. The number of esters is 1. The van der Waals surface area contributed by atoms with E-state index in [4.69, 9.17) is 4.74 Å². The summed E-state index contributed by atoms with van der Waals surface area (Å²) in [4.78, 5) is 13.3. The number of aryl methyl sites for hydroxylation is 1. The van der Waals surface area contributed by atoms with Crippen LogP contribution in [0, 0.1) is 0 Å². The summed E-state index contributed by atoms with van der Waals surface area (Å²) >= 11 is 0. The lowest BCUT2D eigenvalue weighted by Gasteiger charge is -2.18. The highest BCUT2D eigenvalue weighted by atomic mass is 16.5. The molecule has 0 radical (unpaired) electrons. The lowest BCUT2D eigenvalue weighted by molar-refractivity contribution is -0.144. The monoisotopic (exact) mass is 226 g/mol. The van der Waals surface area contributed by atoms with Crippen LogP contribution in [-0.4, -0.2) is 45.3 Å². The van der Waals surface area contributed by atoms with Crippen LogP contribution in [0.2, 0.25) is 0 Å². The number of carbonyl (C=O) groups is 1. The molecule has 1 aromatic rings. The SMILES string of the molecule is CCOC(=O)CN(CC)Cc1nncn1C. The van der Waals surface area contributed by atoms with Gasteiger partial charge in [-0.05, 0) is 13.5 Å². The maximum Gasteiger partial charge on any atom is 0.320 e. The quantitative estimate of drug-likeness (QED) is 0.648. The Morgan fingerprint density at radius 1 is 1.56 bits per heavy atom. The Morgan fingerprint density at radius 3 is 2.81 bits per heavy atom. The Balaban J connectivity index is 2.49. The van der Waals surface area contributed by atoms with Crippen LogP contribution in [0.5, 0.6) is 0 Å². The van der Waals surface area contributed by atoms with Crippen molar-refractivity contribution in [1.82, 2.24) is 19.7 Å². The van der Waals surface area contributed by atoms with E-state index in [2.05, 4.69) is 10.2 Å². The zero-order valence-corrected chi connectivity index (χ0v) is 10.0. The maximum absolute atomic E-state index is 11.3. The van der Waals surface area contributed by atoms with E-state index in [0.29, 0.717) is 13.2 Å². The van der Waals surface area contributed by atoms with Crippen molar-refractivity contribution in [1.29, 1.82) is 0 Å². The summed E-state index contributed by atoms with van der Waals surface area (Å²) in [6.45, 7) is 5.88. The number of ether oxygens (including phenoxy) is 1. The zero-order valence-electron chi connectivity index (χ0n) is 10.0. The second-order valence-corrected chi connectivity index (χ2v) is 3.47. The van der Waals surface area contributed by atoms with Crippen molar-refractivity contribution in [3.05, 3.63) is 12.2 Å². The molecule has 0 saturated heterocycles. The molecule has 1 aromatic heterocycles. The molecule has 90 valence electrons. The van der Waals surface area contributed by atoms with Gasteiger partial charge < -0.3 is 9.30 Å². The van der Waals surface area contributed by atoms with E-state index in [9.17, 15) is 4.79 Å². The van der Waals surface area contributed by atoms with Gasteiger partial charge in [0, 0.05) is 7.05 Å². The van der Waals surface area contributed by atoms with E-state index in [1.54, 1.807) is 13.3 Å². The van der Waals surface area contributed by atoms with E-state index < -0.39 is 0 Å². The molecule has 0 aliphatic carbocycles. The smallest absolute Gasteiger partial charge is 0.320 e. The molecule has 1 rings (SSSR count). The third kappa shape index (κ3) is 3.62. The van der Waals surface area contributed by atoms with Crippen molar-refractivity contribution in [3.63, 3.8) is 0 Å². The summed E-state index contributed by atoms with van der Waals surface area (Å²) in [6, 6.07) is 0. The van der Waals surface area contributed by atoms with Crippen LogP contribution in [0.15, 0.2) is 6.33 Å². The van der Waals surface area contributed by atoms with Crippen LogP contribution in [0.1, 0.15) is 19.7 Å². The molecule has 16 heavy (non-hydrogen) atoms. The molecular formula is C10H18N4O2. The third-order valence-electron chi connectivity index (χ3n) is 2.28. The van der Waals surface area contributed by atoms with Crippen LogP contribution in [0.4, 0.5) is 0 Å². The second kappa shape index (κ2) is 6.22. The van der Waals surface area contributed by atoms with Gasteiger partial charge in [0.05, 0.1) is 19.7 Å². The summed E-state index contributed by atoms with van der Waals surface area (Å²) in [6.07, 6.45) is 1.65. The standard InChI is InChI=1S/C10H18N4O2/c1-4-14(7-10(15)16-5-2)6-9-12-11-8-13(9)3/h8H,4-7H2,1-3H3. The van der Waals surface area contributed by atoms with Crippen molar-refractivity contribution in [3.8, 4) is 0 Å². The molecule has 0 atom stereocenters. The Morgan fingerprint density at radius 2 is 2.31 bits per heavy atom. The minimum absolute atomic E-state index is 0.202. The van der Waals surface area contributed by atoms with Crippen LogP contribution in [-0.2, 0) is 23.1 Å². The number of hydrogen-bond acceptors (Lipinski definition) is 5. The molecule has 1 heterocycles. The minimum Gasteiger partial charge on any atom is -0.465 e. The molecule has 0 fully saturated rings. The lowest BCUT2D eigenvalue weighted by atomic mass is 10.4. The zero-order chi connectivity index (χ0) is 12.0. The van der Waals surface area contributed by atoms with E-state index in [1.807, 2.05) is 23.4 Å². The molecule has 0 saturated carbocycles. The molecule has 0 bridgehead atoms. The lowest BCUT2D eigenvalue weighted by Crippen LogP contribution is -2.31. The van der Waals surface area contributed by atoms with Gasteiger partial charge in [0.25, 0.3) is 0 Å².